The molecule has 1 amide bonds. The minimum absolute atomic E-state index is 0.0293. The van der Waals surface area contributed by atoms with E-state index in [9.17, 15) is 18.3 Å². The van der Waals surface area contributed by atoms with Gasteiger partial charge in [0.2, 0.25) is 21.9 Å². The van der Waals surface area contributed by atoms with Gasteiger partial charge in [0.05, 0.1) is 22.7 Å². The largest absolute Gasteiger partial charge is 0.465 e. The number of likely N-dealkylation sites (tertiary alicyclic amines) is 1. The second kappa shape index (κ2) is 13.5. The fourth-order valence-corrected chi connectivity index (χ4v) is 7.18. The van der Waals surface area contributed by atoms with Crippen LogP contribution < -0.4 is 14.8 Å². The normalized spacial score (nSPS) is 17.1. The Morgan fingerprint density at radius 2 is 1.87 bits per heavy atom. The number of rotatable bonds is 10. The molecule has 0 saturated carbocycles. The minimum atomic E-state index is -3.49. The molecule has 0 bridgehead atoms. The predicted octanol–water partition coefficient (Wildman–Crippen LogP) is 7.16. The number of amides is 1. The molecule has 0 aliphatic carbocycles. The van der Waals surface area contributed by atoms with E-state index in [1.807, 2.05) is 38.1 Å². The molecular formula is C34H42N6O5S. The number of carboxylic acid groups (broad SMARTS) is 1. The number of anilines is 2. The molecule has 5 rings (SSSR count). The van der Waals surface area contributed by atoms with Crippen LogP contribution in [-0.2, 0) is 10.0 Å². The molecule has 2 atom stereocenters. The maximum atomic E-state index is 12.6. The zero-order valence-corrected chi connectivity index (χ0v) is 27.8. The lowest BCUT2D eigenvalue weighted by atomic mass is 9.78. The first-order valence-corrected chi connectivity index (χ1v) is 17.2. The fourth-order valence-electron chi connectivity index (χ4n) is 6.03. The molecule has 2 aromatic carbocycles. The van der Waals surface area contributed by atoms with Crippen molar-refractivity contribution < 1.29 is 23.1 Å². The highest BCUT2D eigenvalue weighted by Gasteiger charge is 2.34. The van der Waals surface area contributed by atoms with Crippen LogP contribution in [0.15, 0.2) is 60.9 Å². The summed E-state index contributed by atoms with van der Waals surface area (Å²) in [6.07, 6.45) is 4.58. The number of carbonyl (C=O) groups is 1. The summed E-state index contributed by atoms with van der Waals surface area (Å²) in [6, 6.07) is 14.5. The van der Waals surface area contributed by atoms with Crippen molar-refractivity contribution in [2.45, 2.75) is 59.9 Å². The standard InChI is InChI=1S/C34H42N6O5S/c1-6-19-46(43,44)39-28-11-7-9-25-24(28)13-12-22(2)30(25)45-31-26(10-8-16-35-31)27-14-17-36-32(37-27)38-29-21-40(33(41)42)18-15-23(29)20-34(3,4)5/h7-14,16-17,23,29,39H,6,15,18-21H2,1-5H3,(H,41,42)(H,36,37,38). The number of nitrogens with zero attached hydrogens (tertiary/aromatic N) is 4. The number of aromatic nitrogens is 3. The van der Waals surface area contributed by atoms with Gasteiger partial charge in [0, 0.05) is 42.3 Å². The SMILES string of the molecule is CCCS(=O)(=O)Nc1cccc2c(Oc3ncccc3-c3ccnc(NC4CN(C(=O)O)CCC4CC(C)(C)C)n3)c(C)ccc12. The molecule has 11 nitrogen and oxygen atoms in total. The van der Waals surface area contributed by atoms with Crippen LogP contribution in [0.1, 0.15) is 52.5 Å². The van der Waals surface area contributed by atoms with Gasteiger partial charge in [0.15, 0.2) is 0 Å². The van der Waals surface area contributed by atoms with Gasteiger partial charge in [0.1, 0.15) is 5.75 Å². The lowest BCUT2D eigenvalue weighted by Crippen LogP contribution is -2.50. The van der Waals surface area contributed by atoms with Crippen LogP contribution in [0.4, 0.5) is 16.4 Å². The predicted molar refractivity (Wildman–Crippen MR) is 181 cm³/mol. The van der Waals surface area contributed by atoms with Crippen molar-refractivity contribution in [3.05, 3.63) is 66.5 Å². The zero-order chi connectivity index (χ0) is 33.1. The molecule has 244 valence electrons. The Kier molecular flexibility index (Phi) is 9.66. The topological polar surface area (TPSA) is 147 Å². The maximum absolute atomic E-state index is 12.6. The molecule has 46 heavy (non-hydrogen) atoms. The Balaban J connectivity index is 1.46. The quantitative estimate of drug-likeness (QED) is 0.163. The highest BCUT2D eigenvalue weighted by molar-refractivity contribution is 7.92. The molecule has 1 aliphatic heterocycles. The lowest BCUT2D eigenvalue weighted by Gasteiger charge is -2.40. The van der Waals surface area contributed by atoms with Crippen LogP contribution in [-0.4, -0.2) is 64.4 Å². The van der Waals surface area contributed by atoms with Crippen molar-refractivity contribution >= 4 is 38.5 Å². The highest BCUT2D eigenvalue weighted by atomic mass is 32.2. The van der Waals surface area contributed by atoms with Gasteiger partial charge in [0.25, 0.3) is 0 Å². The van der Waals surface area contributed by atoms with Crippen LogP contribution >= 0.6 is 0 Å². The molecular weight excluding hydrogens is 604 g/mol. The molecule has 3 N–H and O–H groups in total. The molecule has 1 fully saturated rings. The molecule has 1 aliphatic rings. The summed E-state index contributed by atoms with van der Waals surface area (Å²) >= 11 is 0. The Labute approximate surface area is 270 Å². The number of piperidine rings is 1. The zero-order valence-electron chi connectivity index (χ0n) is 26.9. The van der Waals surface area contributed by atoms with Crippen LogP contribution in [0.5, 0.6) is 11.6 Å². The Morgan fingerprint density at radius 1 is 1.07 bits per heavy atom. The van der Waals surface area contributed by atoms with E-state index < -0.39 is 16.1 Å². The van der Waals surface area contributed by atoms with Crippen LogP contribution in [0.3, 0.4) is 0 Å². The first-order valence-electron chi connectivity index (χ1n) is 15.6. The number of benzene rings is 2. The first kappa shape index (κ1) is 32.9. The summed E-state index contributed by atoms with van der Waals surface area (Å²) in [5, 5.41) is 14.6. The third kappa shape index (κ3) is 7.85. The van der Waals surface area contributed by atoms with Crippen LogP contribution in [0.2, 0.25) is 0 Å². The lowest BCUT2D eigenvalue weighted by molar-refractivity contribution is 0.109. The molecule has 12 heteroatoms. The number of pyridine rings is 1. The number of hydrogen-bond donors (Lipinski definition) is 3. The van der Waals surface area contributed by atoms with Crippen molar-refractivity contribution in [2.24, 2.45) is 11.3 Å². The van der Waals surface area contributed by atoms with Crippen molar-refractivity contribution in [3.8, 4) is 22.9 Å². The van der Waals surface area contributed by atoms with E-state index in [1.54, 1.807) is 36.7 Å². The number of fused-ring (bicyclic) bond motifs is 1. The van der Waals surface area contributed by atoms with Gasteiger partial charge < -0.3 is 20.1 Å². The number of nitrogens with one attached hydrogen (secondary N) is 2. The van der Waals surface area contributed by atoms with Crippen molar-refractivity contribution in [3.63, 3.8) is 0 Å². The summed E-state index contributed by atoms with van der Waals surface area (Å²) in [7, 11) is -3.49. The molecule has 0 spiro atoms. The van der Waals surface area contributed by atoms with Gasteiger partial charge in [-0.3, -0.25) is 4.72 Å². The van der Waals surface area contributed by atoms with E-state index in [1.165, 1.54) is 4.90 Å². The number of sulfonamides is 1. The highest BCUT2D eigenvalue weighted by Crippen LogP contribution is 2.39. The summed E-state index contributed by atoms with van der Waals surface area (Å²) in [5.41, 5.74) is 2.66. The molecule has 1 saturated heterocycles. The third-order valence-electron chi connectivity index (χ3n) is 8.06. The Bertz CT molecular complexity index is 1820. The maximum Gasteiger partial charge on any atom is 0.407 e. The van der Waals surface area contributed by atoms with Gasteiger partial charge in [-0.2, -0.15) is 0 Å². The van der Waals surface area contributed by atoms with E-state index in [0.717, 1.165) is 23.8 Å². The second-order valence-electron chi connectivity index (χ2n) is 13.0. The average Bonchev–Trinajstić information content (AvgIpc) is 2.99. The van der Waals surface area contributed by atoms with Gasteiger partial charge in [-0.1, -0.05) is 52.0 Å². The monoisotopic (exact) mass is 646 g/mol. The van der Waals surface area contributed by atoms with E-state index in [-0.39, 0.29) is 23.1 Å². The van der Waals surface area contributed by atoms with Gasteiger partial charge in [-0.05, 0) is 67.3 Å². The van der Waals surface area contributed by atoms with Crippen molar-refractivity contribution in [2.75, 3.05) is 28.9 Å². The van der Waals surface area contributed by atoms with E-state index >= 15 is 0 Å². The summed E-state index contributed by atoms with van der Waals surface area (Å²) in [5.74, 6) is 1.57. The number of aryl methyl sites for hydroxylation is 1. The average molecular weight is 647 g/mol. The van der Waals surface area contributed by atoms with Gasteiger partial charge in [-0.25, -0.2) is 28.2 Å². The van der Waals surface area contributed by atoms with Gasteiger partial charge in [-0.15, -0.1) is 0 Å². The summed E-state index contributed by atoms with van der Waals surface area (Å²) in [4.78, 5) is 27.1. The molecule has 2 aromatic heterocycles. The van der Waals surface area contributed by atoms with Crippen LogP contribution in [0.25, 0.3) is 22.0 Å². The van der Waals surface area contributed by atoms with E-state index in [4.69, 9.17) is 9.72 Å². The van der Waals surface area contributed by atoms with E-state index in [2.05, 4.69) is 40.8 Å². The molecule has 3 heterocycles. The number of hydrogen-bond acceptors (Lipinski definition) is 8. The van der Waals surface area contributed by atoms with Crippen molar-refractivity contribution in [1.82, 2.24) is 19.9 Å². The van der Waals surface area contributed by atoms with Crippen molar-refractivity contribution in [1.29, 1.82) is 0 Å². The molecule has 4 aromatic rings. The van der Waals surface area contributed by atoms with E-state index in [0.29, 0.717) is 59.4 Å². The summed E-state index contributed by atoms with van der Waals surface area (Å²) in [6.45, 7) is 11.2. The Morgan fingerprint density at radius 3 is 2.61 bits per heavy atom. The molecule has 0 radical (unpaired) electrons. The Hall–Kier alpha value is -4.45. The number of ether oxygens (including phenoxy) is 1. The van der Waals surface area contributed by atoms with Gasteiger partial charge >= 0.3 is 6.09 Å². The minimum Gasteiger partial charge on any atom is -0.465 e. The second-order valence-corrected chi connectivity index (χ2v) is 14.9. The fraction of sp³-hybridized carbons (Fsp3) is 0.412. The molecule has 2 unspecified atom stereocenters. The first-order chi connectivity index (χ1) is 21.8. The van der Waals surface area contributed by atoms with Crippen LogP contribution in [0, 0.1) is 18.3 Å². The smallest absolute Gasteiger partial charge is 0.407 e. The third-order valence-corrected chi connectivity index (χ3v) is 9.54. The summed E-state index contributed by atoms with van der Waals surface area (Å²) < 4.78 is 34.4.